The van der Waals surface area contributed by atoms with Crippen molar-refractivity contribution >= 4 is 23.2 Å². The number of nitrogens with one attached hydrogen (secondary N) is 1. The van der Waals surface area contributed by atoms with Gasteiger partial charge < -0.3 is 10.2 Å². The van der Waals surface area contributed by atoms with E-state index >= 15 is 0 Å². The standard InChI is InChI=1S/C16H20ClN5O/c1-12(2)6-8-21(15(23)10-18-3)14-11-22(20-16(14)17)13-5-4-7-19-9-13/h4-5,7,9,11,18H,1,6,8,10H2,2-3H3. The second kappa shape index (κ2) is 7.89. The first-order chi connectivity index (χ1) is 11.0. The summed E-state index contributed by atoms with van der Waals surface area (Å²) in [6.45, 7) is 6.55. The maximum absolute atomic E-state index is 12.4. The lowest BCUT2D eigenvalue weighted by atomic mass is 10.2. The van der Waals surface area contributed by atoms with Gasteiger partial charge in [-0.3, -0.25) is 9.78 Å². The topological polar surface area (TPSA) is 63.1 Å². The van der Waals surface area contributed by atoms with Crippen molar-refractivity contribution in [3.8, 4) is 5.69 Å². The van der Waals surface area contributed by atoms with Crippen LogP contribution in [0.25, 0.3) is 5.69 Å². The van der Waals surface area contributed by atoms with Crippen LogP contribution in [0.5, 0.6) is 0 Å². The predicted molar refractivity (Wildman–Crippen MR) is 92.1 cm³/mol. The highest BCUT2D eigenvalue weighted by Crippen LogP contribution is 2.26. The molecule has 2 heterocycles. The van der Waals surface area contributed by atoms with E-state index in [0.717, 1.165) is 11.3 Å². The molecular weight excluding hydrogens is 314 g/mol. The van der Waals surface area contributed by atoms with Crippen molar-refractivity contribution in [3.63, 3.8) is 0 Å². The number of aromatic nitrogens is 3. The van der Waals surface area contributed by atoms with Crippen molar-refractivity contribution in [2.45, 2.75) is 13.3 Å². The third-order valence-corrected chi connectivity index (χ3v) is 3.51. The number of carbonyl (C=O) groups is 1. The molecule has 0 atom stereocenters. The third-order valence-electron chi connectivity index (χ3n) is 3.24. The van der Waals surface area contributed by atoms with Gasteiger partial charge in [0.05, 0.1) is 24.6 Å². The molecule has 0 bridgehead atoms. The number of rotatable bonds is 7. The summed E-state index contributed by atoms with van der Waals surface area (Å²) in [6.07, 6.45) is 5.81. The molecule has 0 aliphatic heterocycles. The second-order valence-corrected chi connectivity index (χ2v) is 5.60. The van der Waals surface area contributed by atoms with Crippen LogP contribution in [0, 0.1) is 0 Å². The molecule has 0 aromatic carbocycles. The normalized spacial score (nSPS) is 10.6. The zero-order chi connectivity index (χ0) is 16.8. The van der Waals surface area contributed by atoms with Crippen molar-refractivity contribution in [2.24, 2.45) is 0 Å². The average Bonchev–Trinajstić information content (AvgIpc) is 2.90. The fourth-order valence-electron chi connectivity index (χ4n) is 2.08. The van der Waals surface area contributed by atoms with Gasteiger partial charge in [-0.25, -0.2) is 4.68 Å². The molecule has 0 saturated carbocycles. The summed E-state index contributed by atoms with van der Waals surface area (Å²) in [5.74, 6) is -0.0682. The molecule has 0 aliphatic rings. The lowest BCUT2D eigenvalue weighted by Gasteiger charge is -2.21. The predicted octanol–water partition coefficient (Wildman–Crippen LogP) is 2.44. The maximum atomic E-state index is 12.4. The molecule has 2 aromatic rings. The summed E-state index contributed by atoms with van der Waals surface area (Å²) in [6, 6.07) is 3.68. The number of halogens is 1. The Morgan fingerprint density at radius 1 is 1.52 bits per heavy atom. The number of carbonyl (C=O) groups excluding carboxylic acids is 1. The van der Waals surface area contributed by atoms with Crippen molar-refractivity contribution in [1.29, 1.82) is 0 Å². The third kappa shape index (κ3) is 4.40. The first kappa shape index (κ1) is 17.2. The first-order valence-corrected chi connectivity index (χ1v) is 7.65. The van der Waals surface area contributed by atoms with Gasteiger partial charge in [0.1, 0.15) is 5.69 Å². The lowest BCUT2D eigenvalue weighted by molar-refractivity contribution is -0.117. The van der Waals surface area contributed by atoms with Gasteiger partial charge >= 0.3 is 0 Å². The Kier molecular flexibility index (Phi) is 5.90. The van der Waals surface area contributed by atoms with Crippen LogP contribution in [0.1, 0.15) is 13.3 Å². The van der Waals surface area contributed by atoms with Gasteiger partial charge in [-0.2, -0.15) is 5.10 Å². The van der Waals surface area contributed by atoms with Crippen molar-refractivity contribution < 1.29 is 4.79 Å². The van der Waals surface area contributed by atoms with E-state index in [9.17, 15) is 4.79 Å². The monoisotopic (exact) mass is 333 g/mol. The van der Waals surface area contributed by atoms with Crippen LogP contribution in [0.4, 0.5) is 5.69 Å². The molecule has 0 aliphatic carbocycles. The minimum Gasteiger partial charge on any atom is -0.311 e. The number of nitrogens with zero attached hydrogens (tertiary/aromatic N) is 4. The highest BCUT2D eigenvalue weighted by Gasteiger charge is 2.21. The van der Waals surface area contributed by atoms with E-state index in [-0.39, 0.29) is 17.6 Å². The molecule has 0 spiro atoms. The quantitative estimate of drug-likeness (QED) is 0.790. The van der Waals surface area contributed by atoms with E-state index < -0.39 is 0 Å². The zero-order valence-electron chi connectivity index (χ0n) is 13.3. The smallest absolute Gasteiger partial charge is 0.241 e. The van der Waals surface area contributed by atoms with Crippen LogP contribution in [0.3, 0.4) is 0 Å². The Balaban J connectivity index is 2.32. The summed E-state index contributed by atoms with van der Waals surface area (Å²) in [5.41, 5.74) is 2.36. The van der Waals surface area contributed by atoms with Crippen LogP contribution in [-0.4, -0.2) is 40.8 Å². The van der Waals surface area contributed by atoms with Crippen molar-refractivity contribution in [1.82, 2.24) is 20.1 Å². The van der Waals surface area contributed by atoms with E-state index in [1.54, 1.807) is 35.2 Å². The number of hydrogen-bond donors (Lipinski definition) is 1. The Morgan fingerprint density at radius 2 is 2.30 bits per heavy atom. The molecule has 0 fully saturated rings. The molecule has 0 radical (unpaired) electrons. The molecule has 122 valence electrons. The van der Waals surface area contributed by atoms with Crippen molar-refractivity contribution in [3.05, 3.63) is 48.0 Å². The summed E-state index contributed by atoms with van der Waals surface area (Å²) in [4.78, 5) is 18.1. The van der Waals surface area contributed by atoms with Crippen LogP contribution >= 0.6 is 11.6 Å². The molecule has 2 rings (SSSR count). The molecule has 1 amide bonds. The molecule has 7 heteroatoms. The molecular formula is C16H20ClN5O. The second-order valence-electron chi connectivity index (χ2n) is 5.24. The first-order valence-electron chi connectivity index (χ1n) is 7.28. The van der Waals surface area contributed by atoms with Gasteiger partial charge in [0.2, 0.25) is 5.91 Å². The van der Waals surface area contributed by atoms with Gasteiger partial charge in [0, 0.05) is 12.7 Å². The fraction of sp³-hybridized carbons (Fsp3) is 0.312. The van der Waals surface area contributed by atoms with E-state index in [2.05, 4.69) is 22.0 Å². The maximum Gasteiger partial charge on any atom is 0.241 e. The minimum atomic E-state index is -0.0682. The summed E-state index contributed by atoms with van der Waals surface area (Å²) < 4.78 is 1.62. The Morgan fingerprint density at radius 3 is 2.91 bits per heavy atom. The average molecular weight is 334 g/mol. The highest BCUT2D eigenvalue weighted by molar-refractivity contribution is 6.32. The van der Waals surface area contributed by atoms with Gasteiger partial charge in [-0.1, -0.05) is 17.2 Å². The number of hydrogen-bond acceptors (Lipinski definition) is 4. The number of amides is 1. The SMILES string of the molecule is C=C(C)CCN(C(=O)CNC)c1cn(-c2cccnc2)nc1Cl. The molecule has 1 N–H and O–H groups in total. The lowest BCUT2D eigenvalue weighted by Crippen LogP contribution is -2.38. The summed E-state index contributed by atoms with van der Waals surface area (Å²) in [7, 11) is 1.73. The van der Waals surface area contributed by atoms with E-state index in [0.29, 0.717) is 18.7 Å². The minimum absolute atomic E-state index is 0.0682. The Hall–Kier alpha value is -2.18. The van der Waals surface area contributed by atoms with Gasteiger partial charge in [0.15, 0.2) is 5.15 Å². The zero-order valence-corrected chi connectivity index (χ0v) is 14.0. The molecule has 2 aromatic heterocycles. The van der Waals surface area contributed by atoms with Gasteiger partial charge in [-0.15, -0.1) is 6.58 Å². The summed E-state index contributed by atoms with van der Waals surface area (Å²) >= 11 is 6.26. The van der Waals surface area contributed by atoms with E-state index in [1.165, 1.54) is 0 Å². The molecule has 23 heavy (non-hydrogen) atoms. The largest absolute Gasteiger partial charge is 0.311 e. The van der Waals surface area contributed by atoms with Crippen molar-refractivity contribution in [2.75, 3.05) is 25.0 Å². The Labute approximate surface area is 140 Å². The molecule has 6 nitrogen and oxygen atoms in total. The highest BCUT2D eigenvalue weighted by atomic mass is 35.5. The van der Waals surface area contributed by atoms with Crippen LogP contribution in [-0.2, 0) is 4.79 Å². The number of likely N-dealkylation sites (N-methyl/N-ethyl adjacent to an activating group) is 1. The molecule has 0 unspecified atom stereocenters. The van der Waals surface area contributed by atoms with Crippen LogP contribution in [0.2, 0.25) is 5.15 Å². The van der Waals surface area contributed by atoms with E-state index in [4.69, 9.17) is 11.6 Å². The van der Waals surface area contributed by atoms with Gasteiger partial charge in [0.25, 0.3) is 0 Å². The van der Waals surface area contributed by atoms with E-state index in [1.807, 2.05) is 19.1 Å². The molecule has 0 saturated heterocycles. The van der Waals surface area contributed by atoms with Crippen LogP contribution in [0.15, 0.2) is 42.9 Å². The fourth-order valence-corrected chi connectivity index (χ4v) is 2.31. The Bertz CT molecular complexity index is 683. The van der Waals surface area contributed by atoms with Gasteiger partial charge in [-0.05, 0) is 32.5 Å². The summed E-state index contributed by atoms with van der Waals surface area (Å²) in [5, 5.41) is 7.42. The number of anilines is 1. The number of pyridine rings is 1. The van der Waals surface area contributed by atoms with Crippen LogP contribution < -0.4 is 10.2 Å².